The highest BCUT2D eigenvalue weighted by molar-refractivity contribution is 7.11. The van der Waals surface area contributed by atoms with Crippen LogP contribution in [-0.4, -0.2) is 25.4 Å². The van der Waals surface area contributed by atoms with Crippen LogP contribution in [0, 0.1) is 20.8 Å². The van der Waals surface area contributed by atoms with Gasteiger partial charge < -0.3 is 9.88 Å². The lowest BCUT2D eigenvalue weighted by Crippen LogP contribution is -2.37. The van der Waals surface area contributed by atoms with Gasteiger partial charge >= 0.3 is 0 Å². The average Bonchev–Trinajstić information content (AvgIpc) is 3.07. The number of nitrogens with zero attached hydrogens (tertiary/aromatic N) is 4. The van der Waals surface area contributed by atoms with Crippen LogP contribution in [-0.2, 0) is 13.0 Å². The highest BCUT2D eigenvalue weighted by atomic mass is 32.1. The van der Waals surface area contributed by atoms with Gasteiger partial charge in [0.25, 0.3) is 11.5 Å². The Hall–Kier alpha value is -2.87. The number of hydrogen-bond acceptors (Lipinski definition) is 6. The Kier molecular flexibility index (Phi) is 5.27. The van der Waals surface area contributed by atoms with E-state index in [2.05, 4.69) is 20.3 Å². The molecule has 1 atom stereocenters. The lowest BCUT2D eigenvalue weighted by atomic mass is 9.97. The Morgan fingerprint density at radius 2 is 2.10 bits per heavy atom. The molecule has 0 spiro atoms. The topological polar surface area (TPSA) is 89.8 Å². The van der Waals surface area contributed by atoms with E-state index in [0.29, 0.717) is 11.3 Å². The molecule has 0 aliphatic heterocycles. The Bertz CT molecular complexity index is 1120. The molecule has 8 heteroatoms. The van der Waals surface area contributed by atoms with Gasteiger partial charge in [-0.2, -0.15) is 0 Å². The Labute approximate surface area is 172 Å². The third-order valence-electron chi connectivity index (χ3n) is 5.13. The minimum Gasteiger partial charge on any atom is -0.343 e. The van der Waals surface area contributed by atoms with Crippen molar-refractivity contribution in [3.63, 3.8) is 0 Å². The number of nitrogens with one attached hydrogen (secondary N) is 1. The molecule has 3 heterocycles. The molecule has 29 heavy (non-hydrogen) atoms. The molecule has 4 rings (SSSR count). The molecule has 0 aromatic carbocycles. The van der Waals surface area contributed by atoms with E-state index in [-0.39, 0.29) is 29.6 Å². The lowest BCUT2D eigenvalue weighted by molar-refractivity contribution is 0.0929. The highest BCUT2D eigenvalue weighted by Gasteiger charge is 2.27. The Morgan fingerprint density at radius 3 is 2.86 bits per heavy atom. The number of fused-ring (bicyclic) bond motifs is 1. The summed E-state index contributed by atoms with van der Waals surface area (Å²) < 4.78 is 1.50. The maximum atomic E-state index is 13.0. The number of rotatable bonds is 4. The molecule has 7 nitrogen and oxygen atoms in total. The van der Waals surface area contributed by atoms with Gasteiger partial charge in [0, 0.05) is 17.3 Å². The molecule has 1 unspecified atom stereocenters. The minimum atomic E-state index is -0.347. The molecule has 150 valence electrons. The van der Waals surface area contributed by atoms with Crippen LogP contribution in [0.1, 0.15) is 61.8 Å². The number of amides is 1. The second-order valence-corrected chi connectivity index (χ2v) is 8.70. The van der Waals surface area contributed by atoms with E-state index in [1.165, 1.54) is 9.44 Å². The number of aromatic nitrogens is 4. The van der Waals surface area contributed by atoms with E-state index in [9.17, 15) is 9.59 Å². The summed E-state index contributed by atoms with van der Waals surface area (Å²) in [5.74, 6) is -0.347. The summed E-state index contributed by atoms with van der Waals surface area (Å²) in [4.78, 5) is 40.4. The first-order valence-electron chi connectivity index (χ1n) is 9.67. The van der Waals surface area contributed by atoms with E-state index in [1.54, 1.807) is 42.9 Å². The molecule has 1 N–H and O–H groups in total. The quantitative estimate of drug-likeness (QED) is 0.716. The van der Waals surface area contributed by atoms with E-state index in [4.69, 9.17) is 0 Å². The highest BCUT2D eigenvalue weighted by Crippen LogP contribution is 2.33. The second-order valence-electron chi connectivity index (χ2n) is 7.42. The zero-order valence-electron chi connectivity index (χ0n) is 16.7. The monoisotopic (exact) mass is 409 g/mol. The molecule has 1 amide bonds. The van der Waals surface area contributed by atoms with E-state index >= 15 is 0 Å². The molecule has 3 aromatic rings. The summed E-state index contributed by atoms with van der Waals surface area (Å²) in [6.07, 6.45) is 7.85. The van der Waals surface area contributed by atoms with Crippen LogP contribution in [0.2, 0.25) is 0 Å². The molecule has 0 saturated heterocycles. The molecule has 0 bridgehead atoms. The summed E-state index contributed by atoms with van der Waals surface area (Å²) in [7, 11) is 0. The first kappa shape index (κ1) is 19.4. The molecule has 3 aromatic heterocycles. The van der Waals surface area contributed by atoms with Gasteiger partial charge in [-0.3, -0.25) is 19.6 Å². The maximum absolute atomic E-state index is 13.0. The first-order valence-corrected chi connectivity index (χ1v) is 10.5. The van der Waals surface area contributed by atoms with Gasteiger partial charge in [0.1, 0.15) is 5.56 Å². The number of carbonyl (C=O) groups excluding carboxylic acids is 1. The van der Waals surface area contributed by atoms with Crippen LogP contribution >= 0.6 is 11.3 Å². The summed E-state index contributed by atoms with van der Waals surface area (Å²) in [5.41, 5.74) is 2.94. The van der Waals surface area contributed by atoms with Crippen LogP contribution in [0.25, 0.3) is 0 Å². The standard InChI is InChI=1S/C21H23N5O2S/c1-12-7-8-26(11-15-10-22-13(2)9-23-15)21(28)18(12)20(27)25-16-5-4-6-17-19(16)24-14(3)29-17/h7-10,16H,4-6,11H2,1-3H3,(H,25,27). The van der Waals surface area contributed by atoms with Crippen molar-refractivity contribution in [2.75, 3.05) is 0 Å². The van der Waals surface area contributed by atoms with Crippen LogP contribution in [0.15, 0.2) is 29.5 Å². The molecule has 0 saturated carbocycles. The number of aryl methyl sites for hydroxylation is 4. The fourth-order valence-electron chi connectivity index (χ4n) is 3.65. The lowest BCUT2D eigenvalue weighted by Gasteiger charge is -2.22. The third kappa shape index (κ3) is 3.98. The van der Waals surface area contributed by atoms with Crippen molar-refractivity contribution < 1.29 is 4.79 Å². The molecule has 1 aliphatic carbocycles. The van der Waals surface area contributed by atoms with Gasteiger partial charge in [-0.25, -0.2) is 4.98 Å². The van der Waals surface area contributed by atoms with Crippen molar-refractivity contribution in [1.82, 2.24) is 24.8 Å². The van der Waals surface area contributed by atoms with Crippen molar-refractivity contribution in [1.29, 1.82) is 0 Å². The van der Waals surface area contributed by atoms with Crippen LogP contribution in [0.5, 0.6) is 0 Å². The fraction of sp³-hybridized carbons (Fsp3) is 0.381. The number of hydrogen-bond donors (Lipinski definition) is 1. The van der Waals surface area contributed by atoms with Gasteiger partial charge in [-0.05, 0) is 51.7 Å². The van der Waals surface area contributed by atoms with E-state index in [1.807, 2.05) is 13.8 Å². The molecule has 1 aliphatic rings. The normalized spacial score (nSPS) is 15.8. The number of pyridine rings is 1. The number of thiazole rings is 1. The van der Waals surface area contributed by atoms with Gasteiger partial charge in [0.15, 0.2) is 0 Å². The second kappa shape index (κ2) is 7.87. The smallest absolute Gasteiger partial charge is 0.264 e. The van der Waals surface area contributed by atoms with E-state index < -0.39 is 0 Å². The van der Waals surface area contributed by atoms with Crippen LogP contribution in [0.4, 0.5) is 0 Å². The molecule has 0 fully saturated rings. The van der Waals surface area contributed by atoms with Gasteiger partial charge in [-0.15, -0.1) is 11.3 Å². The predicted octanol–water partition coefficient (Wildman–Crippen LogP) is 2.88. The van der Waals surface area contributed by atoms with Gasteiger partial charge in [0.05, 0.1) is 40.9 Å². The predicted molar refractivity (Wildman–Crippen MR) is 111 cm³/mol. The van der Waals surface area contributed by atoms with Crippen LogP contribution < -0.4 is 10.9 Å². The van der Waals surface area contributed by atoms with Crippen molar-refractivity contribution in [2.45, 2.75) is 52.6 Å². The largest absolute Gasteiger partial charge is 0.343 e. The van der Waals surface area contributed by atoms with Crippen LogP contribution in [0.3, 0.4) is 0 Å². The van der Waals surface area contributed by atoms with Crippen molar-refractivity contribution in [2.24, 2.45) is 0 Å². The summed E-state index contributed by atoms with van der Waals surface area (Å²) in [5, 5.41) is 4.06. The zero-order chi connectivity index (χ0) is 20.5. The molecular weight excluding hydrogens is 386 g/mol. The fourth-order valence-corrected chi connectivity index (χ4v) is 4.69. The maximum Gasteiger partial charge on any atom is 0.264 e. The average molecular weight is 410 g/mol. The summed E-state index contributed by atoms with van der Waals surface area (Å²) in [6, 6.07) is 1.64. The summed E-state index contributed by atoms with van der Waals surface area (Å²) >= 11 is 1.69. The van der Waals surface area contributed by atoms with Crippen molar-refractivity contribution in [3.8, 4) is 0 Å². The number of carbonyl (C=O) groups is 1. The van der Waals surface area contributed by atoms with Gasteiger partial charge in [-0.1, -0.05) is 0 Å². The van der Waals surface area contributed by atoms with Gasteiger partial charge in [0.2, 0.25) is 0 Å². The van der Waals surface area contributed by atoms with E-state index in [0.717, 1.165) is 35.7 Å². The van der Waals surface area contributed by atoms with Crippen molar-refractivity contribution >= 4 is 17.2 Å². The SMILES string of the molecule is Cc1cnc(Cn2ccc(C)c(C(=O)NC3CCCc4sc(C)nc43)c2=O)cn1. The van der Waals surface area contributed by atoms with Crippen molar-refractivity contribution in [3.05, 3.63) is 73.1 Å². The third-order valence-corrected chi connectivity index (χ3v) is 6.18. The Morgan fingerprint density at radius 1 is 1.28 bits per heavy atom. The molecular formula is C21H23N5O2S. The molecule has 0 radical (unpaired) electrons. The minimum absolute atomic E-state index is 0.147. The zero-order valence-corrected chi connectivity index (χ0v) is 17.5. The summed E-state index contributed by atoms with van der Waals surface area (Å²) in [6.45, 7) is 5.89. The Balaban J connectivity index is 1.60. The first-order chi connectivity index (χ1) is 13.9.